The topological polar surface area (TPSA) is 80.0 Å². The summed E-state index contributed by atoms with van der Waals surface area (Å²) in [6.07, 6.45) is 6.58. The summed E-state index contributed by atoms with van der Waals surface area (Å²) in [4.78, 5) is 18.3. The number of carbonyl (C=O) groups is 1. The molecule has 24 heavy (non-hydrogen) atoms. The first-order chi connectivity index (χ1) is 11.3. The number of nitrogens with two attached hydrogens (primary N) is 1. The highest BCUT2D eigenvalue weighted by Crippen LogP contribution is 2.19. The fourth-order valence-electron chi connectivity index (χ4n) is 2.68. The maximum atomic E-state index is 12.0. The van der Waals surface area contributed by atoms with Crippen LogP contribution in [-0.2, 0) is 4.74 Å². The number of aliphatic imine (C=N–C) groups is 1. The van der Waals surface area contributed by atoms with E-state index >= 15 is 0 Å². The van der Waals surface area contributed by atoms with Gasteiger partial charge in [-0.05, 0) is 46.0 Å². The van der Waals surface area contributed by atoms with Crippen LogP contribution in [-0.4, -0.2) is 48.7 Å². The Morgan fingerprint density at radius 1 is 1.25 bits per heavy atom. The highest BCUT2D eigenvalue weighted by Gasteiger charge is 2.26. The van der Waals surface area contributed by atoms with Crippen molar-refractivity contribution in [2.24, 2.45) is 16.6 Å². The zero-order valence-electron chi connectivity index (χ0n) is 15.9. The van der Waals surface area contributed by atoms with Gasteiger partial charge in [-0.15, -0.1) is 0 Å². The van der Waals surface area contributed by atoms with E-state index in [2.05, 4.69) is 17.2 Å². The van der Waals surface area contributed by atoms with Crippen LogP contribution in [0.3, 0.4) is 0 Å². The van der Waals surface area contributed by atoms with Gasteiger partial charge in [0, 0.05) is 26.2 Å². The van der Waals surface area contributed by atoms with Crippen molar-refractivity contribution in [2.45, 2.75) is 71.8 Å². The first kappa shape index (κ1) is 20.6. The van der Waals surface area contributed by atoms with E-state index in [1.54, 1.807) is 4.90 Å². The molecule has 0 unspecified atom stereocenters. The maximum absolute atomic E-state index is 12.0. The molecule has 0 aromatic rings. The van der Waals surface area contributed by atoms with E-state index in [0.29, 0.717) is 11.9 Å². The average Bonchev–Trinajstić information content (AvgIpc) is 2.51. The minimum Gasteiger partial charge on any atom is -0.444 e. The van der Waals surface area contributed by atoms with E-state index in [0.717, 1.165) is 45.4 Å². The number of ether oxygens (including phenoxy) is 1. The first-order valence-electron chi connectivity index (χ1n) is 9.33. The van der Waals surface area contributed by atoms with Crippen LogP contribution in [0.5, 0.6) is 0 Å². The van der Waals surface area contributed by atoms with Gasteiger partial charge in [-0.2, -0.15) is 0 Å². The van der Waals surface area contributed by atoms with E-state index < -0.39 is 5.60 Å². The summed E-state index contributed by atoms with van der Waals surface area (Å²) in [6, 6.07) is 0. The fourth-order valence-corrected chi connectivity index (χ4v) is 2.68. The summed E-state index contributed by atoms with van der Waals surface area (Å²) in [6.45, 7) is 11.0. The minimum atomic E-state index is -0.435. The van der Waals surface area contributed by atoms with E-state index in [4.69, 9.17) is 10.5 Å². The highest BCUT2D eigenvalue weighted by atomic mass is 16.6. The van der Waals surface area contributed by atoms with Crippen LogP contribution >= 0.6 is 0 Å². The van der Waals surface area contributed by atoms with Crippen LogP contribution in [0.4, 0.5) is 4.79 Å². The smallest absolute Gasteiger partial charge is 0.410 e. The molecule has 1 aliphatic heterocycles. The van der Waals surface area contributed by atoms with Gasteiger partial charge >= 0.3 is 6.09 Å². The van der Waals surface area contributed by atoms with Crippen molar-refractivity contribution in [2.75, 3.05) is 26.2 Å². The second kappa shape index (κ2) is 10.4. The van der Waals surface area contributed by atoms with Gasteiger partial charge in [0.15, 0.2) is 5.96 Å². The number of unbranched alkanes of at least 4 members (excludes halogenated alkanes) is 3. The number of carbonyl (C=O) groups excluding carboxylic acids is 1. The Bertz CT molecular complexity index is 396. The van der Waals surface area contributed by atoms with Crippen LogP contribution in [0.2, 0.25) is 0 Å². The molecular formula is C18H36N4O2. The molecule has 0 spiro atoms. The van der Waals surface area contributed by atoms with Gasteiger partial charge in [0.05, 0.1) is 0 Å². The van der Waals surface area contributed by atoms with Gasteiger partial charge in [0.2, 0.25) is 0 Å². The van der Waals surface area contributed by atoms with Crippen molar-refractivity contribution in [1.82, 2.24) is 10.2 Å². The van der Waals surface area contributed by atoms with Crippen LogP contribution in [0, 0.1) is 5.92 Å². The molecule has 1 fully saturated rings. The summed E-state index contributed by atoms with van der Waals surface area (Å²) < 4.78 is 5.41. The number of amides is 1. The third-order valence-electron chi connectivity index (χ3n) is 4.12. The molecule has 1 aliphatic rings. The predicted molar refractivity (Wildman–Crippen MR) is 99.2 cm³/mol. The van der Waals surface area contributed by atoms with E-state index in [-0.39, 0.29) is 6.09 Å². The summed E-state index contributed by atoms with van der Waals surface area (Å²) in [5.74, 6) is 1.03. The number of nitrogens with zero attached hydrogens (tertiary/aromatic N) is 2. The minimum absolute atomic E-state index is 0.210. The van der Waals surface area contributed by atoms with Crippen LogP contribution < -0.4 is 11.1 Å². The Labute approximate surface area is 147 Å². The highest BCUT2D eigenvalue weighted by molar-refractivity contribution is 5.77. The average molecular weight is 341 g/mol. The monoisotopic (exact) mass is 340 g/mol. The molecule has 1 saturated heterocycles. The molecule has 6 heteroatoms. The third kappa shape index (κ3) is 8.99. The summed E-state index contributed by atoms with van der Waals surface area (Å²) in [7, 11) is 0. The standard InChI is InChI=1S/C18H36N4O2/c1-5-6-7-8-11-20-16(19)21-14-15-9-12-22(13-10-15)17(23)24-18(2,3)4/h15H,5-14H2,1-4H3,(H3,19,20,21). The number of piperidine rings is 1. The molecule has 3 N–H and O–H groups in total. The lowest BCUT2D eigenvalue weighted by Crippen LogP contribution is -2.42. The molecule has 1 amide bonds. The largest absolute Gasteiger partial charge is 0.444 e. The van der Waals surface area contributed by atoms with Crippen molar-refractivity contribution < 1.29 is 9.53 Å². The van der Waals surface area contributed by atoms with Gasteiger partial charge in [-0.3, -0.25) is 4.99 Å². The molecule has 0 aromatic heterocycles. The first-order valence-corrected chi connectivity index (χ1v) is 9.33. The molecule has 140 valence electrons. The SMILES string of the molecule is CCCCCCNC(N)=NCC1CCN(C(=O)OC(C)(C)C)CC1. The summed E-state index contributed by atoms with van der Waals surface area (Å²) >= 11 is 0. The zero-order chi connectivity index (χ0) is 18.0. The number of hydrogen-bond donors (Lipinski definition) is 2. The van der Waals surface area contributed by atoms with Gasteiger partial charge in [0.1, 0.15) is 5.60 Å². The molecule has 0 bridgehead atoms. The van der Waals surface area contributed by atoms with Crippen LogP contribution in [0.25, 0.3) is 0 Å². The normalized spacial score (nSPS) is 17.0. The van der Waals surface area contributed by atoms with Crippen LogP contribution in [0.15, 0.2) is 4.99 Å². The van der Waals surface area contributed by atoms with E-state index in [1.807, 2.05) is 20.8 Å². The number of rotatable bonds is 7. The van der Waals surface area contributed by atoms with Gasteiger partial charge in [-0.1, -0.05) is 26.2 Å². The van der Waals surface area contributed by atoms with Crippen molar-refractivity contribution >= 4 is 12.1 Å². The third-order valence-corrected chi connectivity index (χ3v) is 4.12. The summed E-state index contributed by atoms with van der Waals surface area (Å²) in [5, 5.41) is 3.18. The Balaban J connectivity index is 2.21. The predicted octanol–water partition coefficient (Wildman–Crippen LogP) is 3.12. The molecule has 1 rings (SSSR count). The number of nitrogens with one attached hydrogen (secondary N) is 1. The van der Waals surface area contributed by atoms with Crippen molar-refractivity contribution in [3.8, 4) is 0 Å². The molecule has 0 radical (unpaired) electrons. The van der Waals surface area contributed by atoms with Crippen LogP contribution in [0.1, 0.15) is 66.2 Å². The second-order valence-corrected chi connectivity index (χ2v) is 7.62. The quantitative estimate of drug-likeness (QED) is 0.424. The van der Waals surface area contributed by atoms with Crippen molar-refractivity contribution in [3.63, 3.8) is 0 Å². The maximum Gasteiger partial charge on any atom is 0.410 e. The fraction of sp³-hybridized carbons (Fsp3) is 0.889. The Hall–Kier alpha value is -1.46. The molecule has 0 atom stereocenters. The Morgan fingerprint density at radius 2 is 1.92 bits per heavy atom. The molecule has 6 nitrogen and oxygen atoms in total. The number of guanidine groups is 1. The number of hydrogen-bond acceptors (Lipinski definition) is 3. The summed E-state index contributed by atoms with van der Waals surface area (Å²) in [5.41, 5.74) is 5.47. The van der Waals surface area contributed by atoms with Gasteiger partial charge < -0.3 is 20.7 Å². The lowest BCUT2D eigenvalue weighted by molar-refractivity contribution is 0.0187. The molecule has 0 aliphatic carbocycles. The Kier molecular flexibility index (Phi) is 8.93. The molecule has 0 aromatic carbocycles. The van der Waals surface area contributed by atoms with E-state index in [9.17, 15) is 4.79 Å². The number of likely N-dealkylation sites (tertiary alicyclic amines) is 1. The lowest BCUT2D eigenvalue weighted by Gasteiger charge is -2.33. The zero-order valence-corrected chi connectivity index (χ0v) is 15.9. The second-order valence-electron chi connectivity index (χ2n) is 7.62. The van der Waals surface area contributed by atoms with Crippen molar-refractivity contribution in [1.29, 1.82) is 0 Å². The van der Waals surface area contributed by atoms with Gasteiger partial charge in [-0.25, -0.2) is 4.79 Å². The Morgan fingerprint density at radius 3 is 2.50 bits per heavy atom. The molecule has 1 heterocycles. The molecular weight excluding hydrogens is 304 g/mol. The lowest BCUT2D eigenvalue weighted by atomic mass is 9.97. The molecule has 0 saturated carbocycles. The van der Waals surface area contributed by atoms with E-state index in [1.165, 1.54) is 19.3 Å². The van der Waals surface area contributed by atoms with Gasteiger partial charge in [0.25, 0.3) is 0 Å². The van der Waals surface area contributed by atoms with Crippen molar-refractivity contribution in [3.05, 3.63) is 0 Å².